The van der Waals surface area contributed by atoms with Crippen molar-refractivity contribution in [3.05, 3.63) is 34.3 Å². The molecule has 0 unspecified atom stereocenters. The molecule has 9 nitrogen and oxygen atoms in total. The quantitative estimate of drug-likeness (QED) is 0.389. The first-order valence-electron chi connectivity index (χ1n) is 13.8. The van der Waals surface area contributed by atoms with Crippen LogP contribution in [0.1, 0.15) is 73.2 Å². The molecule has 4 N–H and O–H groups in total. The van der Waals surface area contributed by atoms with E-state index >= 15 is 0 Å². The number of rotatable bonds is 9. The summed E-state index contributed by atoms with van der Waals surface area (Å²) in [4.78, 5) is 19.4. The van der Waals surface area contributed by atoms with Crippen molar-refractivity contribution in [2.75, 3.05) is 37.4 Å². The number of nitrogens with zero attached hydrogens (tertiary/aromatic N) is 4. The highest BCUT2D eigenvalue weighted by molar-refractivity contribution is 5.92. The molecule has 0 radical (unpaired) electrons. The van der Waals surface area contributed by atoms with E-state index < -0.39 is 0 Å². The molecule has 6 rings (SSSR count). The van der Waals surface area contributed by atoms with Crippen molar-refractivity contribution in [1.29, 1.82) is 5.41 Å². The second kappa shape index (κ2) is 10.1. The highest BCUT2D eigenvalue weighted by Gasteiger charge is 2.49. The van der Waals surface area contributed by atoms with E-state index in [1.807, 2.05) is 21.0 Å². The molecule has 0 aromatic carbocycles. The third kappa shape index (κ3) is 4.85. The third-order valence-corrected chi connectivity index (χ3v) is 9.12. The van der Waals surface area contributed by atoms with Crippen molar-refractivity contribution >= 4 is 23.6 Å². The average Bonchev–Trinajstić information content (AvgIpc) is 3.21. The number of pyridine rings is 1. The molecular formula is C28H42N8O. The Bertz CT molecular complexity index is 1160. The number of fused-ring (bicyclic) bond motifs is 4. The van der Waals surface area contributed by atoms with Gasteiger partial charge in [0.15, 0.2) is 0 Å². The van der Waals surface area contributed by atoms with E-state index in [2.05, 4.69) is 43.5 Å². The molecular weight excluding hydrogens is 464 g/mol. The van der Waals surface area contributed by atoms with Gasteiger partial charge in [0.1, 0.15) is 5.82 Å². The number of anilines is 2. The van der Waals surface area contributed by atoms with Gasteiger partial charge in [-0.25, -0.2) is 4.98 Å². The van der Waals surface area contributed by atoms with Gasteiger partial charge in [0.25, 0.3) is 0 Å². The van der Waals surface area contributed by atoms with Gasteiger partial charge in [0.05, 0.1) is 16.9 Å². The van der Waals surface area contributed by atoms with Gasteiger partial charge in [-0.05, 0) is 70.9 Å². The van der Waals surface area contributed by atoms with Crippen molar-refractivity contribution in [3.8, 4) is 0 Å². The first kappa shape index (κ1) is 25.7. The number of hydrogen-bond donors (Lipinski definition) is 4. The summed E-state index contributed by atoms with van der Waals surface area (Å²) in [7, 11) is 3.75. The fraction of sp³-hybridized carbons (Fsp3) is 0.643. The zero-order chi connectivity index (χ0) is 26.2. The van der Waals surface area contributed by atoms with Crippen LogP contribution in [0.25, 0.3) is 0 Å². The van der Waals surface area contributed by atoms with Crippen LogP contribution in [-0.2, 0) is 24.3 Å². The lowest BCUT2D eigenvalue weighted by Gasteiger charge is -2.53. The molecule has 2 aromatic rings. The van der Waals surface area contributed by atoms with Crippen LogP contribution in [-0.4, -0.2) is 59.6 Å². The standard InChI is InChI=1S/C28H42N8O/c1-19-15-24(21(16-29)26(31-4)32-19)35-14-6-23-22(17-35)20(2)34-36(23)18-27-7-10-28(11-8-27,12-9-27)33-25(37)5-13-30-3/h15-16,29-30H,5-14,17-18H2,1-4H3,(H,31,32)(H,33,37). The molecule has 0 spiro atoms. The van der Waals surface area contributed by atoms with Crippen LogP contribution in [0, 0.1) is 24.7 Å². The summed E-state index contributed by atoms with van der Waals surface area (Å²) in [5.74, 6) is 0.939. The molecule has 1 amide bonds. The number of aryl methyl sites for hydroxylation is 2. The van der Waals surface area contributed by atoms with Crippen LogP contribution in [0.3, 0.4) is 0 Å². The predicted octanol–water partition coefficient (Wildman–Crippen LogP) is 3.32. The van der Waals surface area contributed by atoms with E-state index in [0.717, 1.165) is 99.6 Å². The van der Waals surface area contributed by atoms with Crippen molar-refractivity contribution in [1.82, 2.24) is 25.4 Å². The van der Waals surface area contributed by atoms with E-state index in [4.69, 9.17) is 10.5 Å². The van der Waals surface area contributed by atoms with E-state index in [1.54, 1.807) is 0 Å². The topological polar surface area (TPSA) is 111 Å². The van der Waals surface area contributed by atoms with Crippen LogP contribution in [0.2, 0.25) is 0 Å². The molecule has 9 heteroatoms. The van der Waals surface area contributed by atoms with Crippen LogP contribution >= 0.6 is 0 Å². The Labute approximate surface area is 220 Å². The van der Waals surface area contributed by atoms with E-state index in [9.17, 15) is 4.79 Å². The summed E-state index contributed by atoms with van der Waals surface area (Å²) >= 11 is 0. The van der Waals surface area contributed by atoms with Crippen molar-refractivity contribution in [3.63, 3.8) is 0 Å². The van der Waals surface area contributed by atoms with Crippen LogP contribution in [0.15, 0.2) is 6.07 Å². The van der Waals surface area contributed by atoms with Gasteiger partial charge in [-0.15, -0.1) is 0 Å². The largest absolute Gasteiger partial charge is 0.373 e. The molecule has 1 aliphatic heterocycles. The normalized spacial score (nSPS) is 24.6. The molecule has 3 aliphatic carbocycles. The Balaban J connectivity index is 1.30. The fourth-order valence-corrected chi connectivity index (χ4v) is 6.86. The smallest absolute Gasteiger partial charge is 0.221 e. The Morgan fingerprint density at radius 3 is 2.54 bits per heavy atom. The second-order valence-corrected chi connectivity index (χ2v) is 11.5. The minimum absolute atomic E-state index is 0.00792. The molecule has 3 saturated carbocycles. The molecule has 3 heterocycles. The number of carbonyl (C=O) groups excluding carboxylic acids is 1. The number of carbonyl (C=O) groups is 1. The fourth-order valence-electron chi connectivity index (χ4n) is 6.86. The van der Waals surface area contributed by atoms with E-state index in [-0.39, 0.29) is 16.9 Å². The number of nitrogens with one attached hydrogen (secondary N) is 4. The molecule has 200 valence electrons. The van der Waals surface area contributed by atoms with Gasteiger partial charge in [-0.1, -0.05) is 0 Å². The Morgan fingerprint density at radius 1 is 1.16 bits per heavy atom. The van der Waals surface area contributed by atoms with Gasteiger partial charge < -0.3 is 26.3 Å². The summed E-state index contributed by atoms with van der Waals surface area (Å²) in [6.07, 6.45) is 9.62. The van der Waals surface area contributed by atoms with Crippen LogP contribution in [0.4, 0.5) is 11.5 Å². The van der Waals surface area contributed by atoms with E-state index in [0.29, 0.717) is 6.42 Å². The molecule has 37 heavy (non-hydrogen) atoms. The third-order valence-electron chi connectivity index (χ3n) is 9.12. The minimum Gasteiger partial charge on any atom is -0.373 e. The van der Waals surface area contributed by atoms with Gasteiger partial charge in [-0.3, -0.25) is 9.48 Å². The summed E-state index contributed by atoms with van der Waals surface area (Å²) < 4.78 is 2.32. The summed E-state index contributed by atoms with van der Waals surface area (Å²) in [5, 5.41) is 22.7. The lowest BCUT2D eigenvalue weighted by atomic mass is 9.57. The average molecular weight is 507 g/mol. The monoisotopic (exact) mass is 506 g/mol. The summed E-state index contributed by atoms with van der Waals surface area (Å²) in [6.45, 7) is 7.57. The van der Waals surface area contributed by atoms with Crippen LogP contribution < -0.4 is 20.9 Å². The van der Waals surface area contributed by atoms with Crippen molar-refractivity contribution in [2.45, 2.75) is 83.8 Å². The number of hydrogen-bond acceptors (Lipinski definition) is 7. The molecule has 3 fully saturated rings. The zero-order valence-corrected chi connectivity index (χ0v) is 22.8. The first-order chi connectivity index (χ1) is 17.8. The lowest BCUT2D eigenvalue weighted by Crippen LogP contribution is -2.57. The molecule has 2 aromatic heterocycles. The van der Waals surface area contributed by atoms with Gasteiger partial charge in [0, 0.05) is 74.8 Å². The van der Waals surface area contributed by atoms with Gasteiger partial charge in [-0.2, -0.15) is 5.10 Å². The molecule has 2 bridgehead atoms. The Morgan fingerprint density at radius 2 is 1.89 bits per heavy atom. The maximum atomic E-state index is 12.4. The van der Waals surface area contributed by atoms with Crippen molar-refractivity contribution < 1.29 is 4.79 Å². The molecule has 0 saturated heterocycles. The maximum absolute atomic E-state index is 12.4. The highest BCUT2D eigenvalue weighted by atomic mass is 16.1. The maximum Gasteiger partial charge on any atom is 0.221 e. The lowest BCUT2D eigenvalue weighted by molar-refractivity contribution is -0.125. The van der Waals surface area contributed by atoms with E-state index in [1.165, 1.54) is 17.5 Å². The van der Waals surface area contributed by atoms with Crippen molar-refractivity contribution in [2.24, 2.45) is 5.41 Å². The number of aromatic nitrogens is 3. The predicted molar refractivity (Wildman–Crippen MR) is 148 cm³/mol. The second-order valence-electron chi connectivity index (χ2n) is 11.5. The Kier molecular flexibility index (Phi) is 7.00. The summed E-state index contributed by atoms with van der Waals surface area (Å²) in [5.41, 5.74) is 6.98. The Hall–Kier alpha value is -2.94. The molecule has 0 atom stereocenters. The SMILES string of the molecule is CNCCC(=O)NC12CCC(Cn3nc(C)c4c3CCN(c3cc(C)nc(NC)c3C=N)C4)(CC1)CC2. The summed E-state index contributed by atoms with van der Waals surface area (Å²) in [6, 6.07) is 2.10. The van der Waals surface area contributed by atoms with Gasteiger partial charge in [0.2, 0.25) is 5.91 Å². The first-order valence-corrected chi connectivity index (χ1v) is 13.8. The van der Waals surface area contributed by atoms with Crippen LogP contribution in [0.5, 0.6) is 0 Å². The number of amides is 1. The van der Waals surface area contributed by atoms with Gasteiger partial charge >= 0.3 is 0 Å². The zero-order valence-electron chi connectivity index (χ0n) is 22.8. The molecule has 4 aliphatic rings. The minimum atomic E-state index is 0.00792. The highest BCUT2D eigenvalue weighted by Crippen LogP contribution is 2.53.